The normalized spacial score (nSPS) is 10.7. The van der Waals surface area contributed by atoms with Crippen LogP contribution in [0.15, 0.2) is 18.2 Å². The summed E-state index contributed by atoms with van der Waals surface area (Å²) in [6.45, 7) is 6.85. The predicted octanol–water partition coefficient (Wildman–Crippen LogP) is 3.86. The van der Waals surface area contributed by atoms with Gasteiger partial charge in [0, 0.05) is 11.4 Å². The van der Waals surface area contributed by atoms with Crippen molar-refractivity contribution in [3.05, 3.63) is 45.7 Å². The Hall–Kier alpha value is -1.42. The Bertz CT molecular complexity index is 529. The van der Waals surface area contributed by atoms with E-state index in [1.54, 1.807) is 17.4 Å². The summed E-state index contributed by atoms with van der Waals surface area (Å²) in [4.78, 5) is 5.67. The number of aromatic nitrogens is 1. The SMILES string of the molecule is Cc1cc(F)ccc1CCNc1nc(C)c(C)s1. The van der Waals surface area contributed by atoms with Gasteiger partial charge in [0.2, 0.25) is 0 Å². The number of anilines is 1. The van der Waals surface area contributed by atoms with Gasteiger partial charge in [-0.3, -0.25) is 0 Å². The predicted molar refractivity (Wildman–Crippen MR) is 74.9 cm³/mol. The van der Waals surface area contributed by atoms with Crippen LogP contribution in [-0.4, -0.2) is 11.5 Å². The topological polar surface area (TPSA) is 24.9 Å². The zero-order chi connectivity index (χ0) is 13.1. The number of halogens is 1. The van der Waals surface area contributed by atoms with Crippen LogP contribution < -0.4 is 5.32 Å². The molecule has 1 aromatic heterocycles. The van der Waals surface area contributed by atoms with Gasteiger partial charge in [0.15, 0.2) is 5.13 Å². The molecule has 0 amide bonds. The van der Waals surface area contributed by atoms with Crippen LogP contribution >= 0.6 is 11.3 Å². The molecule has 0 aliphatic carbocycles. The lowest BCUT2D eigenvalue weighted by Crippen LogP contribution is -2.05. The van der Waals surface area contributed by atoms with Crippen LogP contribution in [0.25, 0.3) is 0 Å². The van der Waals surface area contributed by atoms with Crippen molar-refractivity contribution in [3.8, 4) is 0 Å². The smallest absolute Gasteiger partial charge is 0.183 e. The number of nitrogens with one attached hydrogen (secondary N) is 1. The number of thiazole rings is 1. The van der Waals surface area contributed by atoms with E-state index in [1.165, 1.54) is 16.5 Å². The van der Waals surface area contributed by atoms with Gasteiger partial charge < -0.3 is 5.32 Å². The van der Waals surface area contributed by atoms with Crippen molar-refractivity contribution >= 4 is 16.5 Å². The maximum absolute atomic E-state index is 13.0. The molecule has 0 unspecified atom stereocenters. The summed E-state index contributed by atoms with van der Waals surface area (Å²) in [6, 6.07) is 4.94. The lowest BCUT2D eigenvalue weighted by Gasteiger charge is -2.06. The fourth-order valence-electron chi connectivity index (χ4n) is 1.79. The first kappa shape index (κ1) is 13.0. The summed E-state index contributed by atoms with van der Waals surface area (Å²) in [5, 5.41) is 4.27. The van der Waals surface area contributed by atoms with Gasteiger partial charge in [0.05, 0.1) is 5.69 Å². The highest BCUT2D eigenvalue weighted by molar-refractivity contribution is 7.15. The third kappa shape index (κ3) is 3.07. The van der Waals surface area contributed by atoms with Crippen LogP contribution in [0.3, 0.4) is 0 Å². The molecule has 1 aromatic carbocycles. The molecule has 0 aliphatic rings. The molecule has 2 nitrogen and oxygen atoms in total. The minimum absolute atomic E-state index is 0.171. The largest absolute Gasteiger partial charge is 0.361 e. The molecule has 4 heteroatoms. The highest BCUT2D eigenvalue weighted by atomic mass is 32.1. The number of hydrogen-bond donors (Lipinski definition) is 1. The quantitative estimate of drug-likeness (QED) is 0.907. The molecule has 1 N–H and O–H groups in total. The van der Waals surface area contributed by atoms with Gasteiger partial charge in [-0.05, 0) is 50.5 Å². The van der Waals surface area contributed by atoms with Crippen molar-refractivity contribution in [1.29, 1.82) is 0 Å². The third-order valence-electron chi connectivity index (χ3n) is 3.00. The van der Waals surface area contributed by atoms with E-state index < -0.39 is 0 Å². The molecular weight excluding hydrogens is 247 g/mol. The molecule has 96 valence electrons. The van der Waals surface area contributed by atoms with Crippen molar-refractivity contribution in [2.24, 2.45) is 0 Å². The van der Waals surface area contributed by atoms with E-state index in [1.807, 2.05) is 19.9 Å². The minimum Gasteiger partial charge on any atom is -0.361 e. The van der Waals surface area contributed by atoms with Crippen molar-refractivity contribution in [3.63, 3.8) is 0 Å². The van der Waals surface area contributed by atoms with Gasteiger partial charge in [-0.1, -0.05) is 6.07 Å². The summed E-state index contributed by atoms with van der Waals surface area (Å²) >= 11 is 1.67. The first-order valence-electron chi connectivity index (χ1n) is 5.99. The maximum Gasteiger partial charge on any atom is 0.183 e. The average Bonchev–Trinajstić information content (AvgIpc) is 2.61. The summed E-state index contributed by atoms with van der Waals surface area (Å²) < 4.78 is 13.0. The zero-order valence-corrected chi connectivity index (χ0v) is 11.7. The molecule has 0 spiro atoms. The van der Waals surface area contributed by atoms with Crippen molar-refractivity contribution in [2.45, 2.75) is 27.2 Å². The van der Waals surface area contributed by atoms with Crippen LogP contribution in [-0.2, 0) is 6.42 Å². The second kappa shape index (κ2) is 5.48. The number of benzene rings is 1. The Kier molecular flexibility index (Phi) is 3.97. The fourth-order valence-corrected chi connectivity index (χ4v) is 2.63. The summed E-state index contributed by atoms with van der Waals surface area (Å²) in [5.74, 6) is -0.171. The number of nitrogens with zero attached hydrogens (tertiary/aromatic N) is 1. The number of rotatable bonds is 4. The maximum atomic E-state index is 13.0. The van der Waals surface area contributed by atoms with E-state index in [-0.39, 0.29) is 5.82 Å². The van der Waals surface area contributed by atoms with Gasteiger partial charge in [-0.2, -0.15) is 0 Å². The summed E-state index contributed by atoms with van der Waals surface area (Å²) in [5.41, 5.74) is 3.26. The fraction of sp³-hybridized carbons (Fsp3) is 0.357. The first-order chi connectivity index (χ1) is 8.56. The minimum atomic E-state index is -0.171. The molecule has 0 saturated heterocycles. The molecule has 0 fully saturated rings. The average molecular weight is 264 g/mol. The van der Waals surface area contributed by atoms with Crippen molar-refractivity contribution < 1.29 is 4.39 Å². The Morgan fingerprint density at radius 1 is 1.28 bits per heavy atom. The Morgan fingerprint density at radius 2 is 2.06 bits per heavy atom. The third-order valence-corrected chi connectivity index (χ3v) is 4.03. The van der Waals surface area contributed by atoms with E-state index in [0.717, 1.165) is 29.4 Å². The highest BCUT2D eigenvalue weighted by Gasteiger charge is 2.04. The molecule has 0 bridgehead atoms. The molecule has 0 radical (unpaired) electrons. The van der Waals surface area contributed by atoms with E-state index in [2.05, 4.69) is 17.2 Å². The summed E-state index contributed by atoms with van der Waals surface area (Å²) in [6.07, 6.45) is 0.879. The van der Waals surface area contributed by atoms with Crippen molar-refractivity contribution in [2.75, 3.05) is 11.9 Å². The molecule has 18 heavy (non-hydrogen) atoms. The second-order valence-electron chi connectivity index (χ2n) is 4.41. The van der Waals surface area contributed by atoms with Gasteiger partial charge >= 0.3 is 0 Å². The Labute approximate surface area is 111 Å². The van der Waals surface area contributed by atoms with Crippen LogP contribution in [0.5, 0.6) is 0 Å². The van der Waals surface area contributed by atoms with E-state index in [0.29, 0.717) is 0 Å². The lowest BCUT2D eigenvalue weighted by molar-refractivity contribution is 0.625. The van der Waals surface area contributed by atoms with Gasteiger partial charge in [-0.25, -0.2) is 9.37 Å². The molecule has 0 aliphatic heterocycles. The van der Waals surface area contributed by atoms with Crippen LogP contribution in [0.1, 0.15) is 21.7 Å². The molecule has 1 heterocycles. The number of aryl methyl sites for hydroxylation is 3. The van der Waals surface area contributed by atoms with Crippen molar-refractivity contribution in [1.82, 2.24) is 4.98 Å². The van der Waals surface area contributed by atoms with E-state index >= 15 is 0 Å². The molecule has 2 rings (SSSR count). The molecule has 0 atom stereocenters. The van der Waals surface area contributed by atoms with Gasteiger partial charge in [-0.15, -0.1) is 11.3 Å². The lowest BCUT2D eigenvalue weighted by atomic mass is 10.1. The van der Waals surface area contributed by atoms with Gasteiger partial charge in [0.1, 0.15) is 5.82 Å². The van der Waals surface area contributed by atoms with Crippen LogP contribution in [0.2, 0.25) is 0 Å². The zero-order valence-electron chi connectivity index (χ0n) is 10.9. The Balaban J connectivity index is 1.92. The monoisotopic (exact) mass is 264 g/mol. The van der Waals surface area contributed by atoms with Crippen LogP contribution in [0, 0.1) is 26.6 Å². The second-order valence-corrected chi connectivity index (χ2v) is 5.61. The number of hydrogen-bond acceptors (Lipinski definition) is 3. The van der Waals surface area contributed by atoms with Gasteiger partial charge in [0.25, 0.3) is 0 Å². The Morgan fingerprint density at radius 3 is 2.67 bits per heavy atom. The van der Waals surface area contributed by atoms with E-state index in [4.69, 9.17) is 0 Å². The standard InChI is InChI=1S/C14H17FN2S/c1-9-8-13(15)5-4-12(9)6-7-16-14-17-10(2)11(3)18-14/h4-5,8H,6-7H2,1-3H3,(H,16,17). The molecule has 0 saturated carbocycles. The van der Waals surface area contributed by atoms with Crippen LogP contribution in [0.4, 0.5) is 9.52 Å². The molecular formula is C14H17FN2S. The van der Waals surface area contributed by atoms with E-state index in [9.17, 15) is 4.39 Å². The molecule has 2 aromatic rings. The highest BCUT2D eigenvalue weighted by Crippen LogP contribution is 2.21. The summed E-state index contributed by atoms with van der Waals surface area (Å²) in [7, 11) is 0. The first-order valence-corrected chi connectivity index (χ1v) is 6.81.